The number of ether oxygens (including phenoxy) is 1. The van der Waals surface area contributed by atoms with Crippen molar-refractivity contribution < 1.29 is 4.74 Å². The molecule has 0 aliphatic carbocycles. The molecule has 6 aromatic carbocycles. The number of rotatable bonds is 2. The van der Waals surface area contributed by atoms with Gasteiger partial charge in [-0.15, -0.1) is 0 Å². The highest BCUT2D eigenvalue weighted by atomic mass is 16.5. The van der Waals surface area contributed by atoms with Crippen molar-refractivity contribution in [1.29, 1.82) is 0 Å². The lowest BCUT2D eigenvalue weighted by Crippen LogP contribution is -2.24. The molecule has 0 spiro atoms. The molecule has 0 radical (unpaired) electrons. The molecule has 1 aliphatic heterocycles. The minimum absolute atomic E-state index is 0.170. The minimum atomic E-state index is -0.170. The van der Waals surface area contributed by atoms with Crippen LogP contribution in [0.2, 0.25) is 0 Å². The van der Waals surface area contributed by atoms with E-state index in [4.69, 9.17) is 4.74 Å². The lowest BCUT2D eigenvalue weighted by Gasteiger charge is -2.34. The molecule has 0 fully saturated rings. The summed E-state index contributed by atoms with van der Waals surface area (Å²) < 4.78 is 8.81. The molecule has 0 atom stereocenters. The van der Waals surface area contributed by atoms with Gasteiger partial charge < -0.3 is 9.30 Å². The summed E-state index contributed by atoms with van der Waals surface area (Å²) in [5, 5.41) is 5.10. The molecule has 0 unspecified atom stereocenters. The molecule has 0 bridgehead atoms. The Bertz CT molecular complexity index is 2060. The maximum atomic E-state index is 6.38. The fourth-order valence-electron chi connectivity index (χ4n) is 6.52. The summed E-state index contributed by atoms with van der Waals surface area (Å²) in [6.07, 6.45) is 0. The van der Waals surface area contributed by atoms with Crippen molar-refractivity contribution in [1.82, 2.24) is 4.57 Å². The summed E-state index contributed by atoms with van der Waals surface area (Å²) >= 11 is 0. The SMILES string of the molecule is CC1(C)c2ccccc2Oc2ccc(-c3cccc4c5c6ccccc6ccc5n(-c5ccccc5)c34)cc21. The molecular weight excluding hydrogens is 474 g/mol. The second-order valence-electron chi connectivity index (χ2n) is 11.0. The number of hydrogen-bond donors (Lipinski definition) is 0. The van der Waals surface area contributed by atoms with Crippen LogP contribution >= 0.6 is 0 Å². The summed E-state index contributed by atoms with van der Waals surface area (Å²) in [6.45, 7) is 4.59. The van der Waals surface area contributed by atoms with E-state index in [0.717, 1.165) is 17.2 Å². The first-order valence-electron chi connectivity index (χ1n) is 13.5. The van der Waals surface area contributed by atoms with Crippen molar-refractivity contribution in [2.75, 3.05) is 0 Å². The first-order valence-corrected chi connectivity index (χ1v) is 13.5. The zero-order chi connectivity index (χ0) is 26.1. The van der Waals surface area contributed by atoms with Crippen LogP contribution in [-0.2, 0) is 5.41 Å². The molecule has 0 saturated carbocycles. The molecule has 1 aromatic heterocycles. The second kappa shape index (κ2) is 8.09. The highest BCUT2D eigenvalue weighted by Gasteiger charge is 2.34. The Morgan fingerprint density at radius 2 is 1.33 bits per heavy atom. The van der Waals surface area contributed by atoms with Crippen molar-refractivity contribution in [2.45, 2.75) is 19.3 Å². The van der Waals surface area contributed by atoms with Crippen molar-refractivity contribution in [3.63, 3.8) is 0 Å². The van der Waals surface area contributed by atoms with Crippen molar-refractivity contribution >= 4 is 32.6 Å². The zero-order valence-corrected chi connectivity index (χ0v) is 22.0. The van der Waals surface area contributed by atoms with Gasteiger partial charge in [-0.05, 0) is 52.7 Å². The van der Waals surface area contributed by atoms with Gasteiger partial charge in [0.15, 0.2) is 0 Å². The fourth-order valence-corrected chi connectivity index (χ4v) is 6.52. The molecule has 7 aromatic rings. The standard InChI is InChI=1S/C37H27NO/c1-37(2)30-17-8-9-18-33(30)39-34-22-20-25(23-31(34)37)28-15-10-16-29-35-27-14-7-6-11-24(27)19-21-32(35)38(36(28)29)26-12-4-3-5-13-26/h3-23H,1-2H3. The van der Waals surface area contributed by atoms with Crippen molar-refractivity contribution in [3.05, 3.63) is 139 Å². The summed E-state index contributed by atoms with van der Waals surface area (Å²) in [7, 11) is 0. The van der Waals surface area contributed by atoms with Gasteiger partial charge in [0.1, 0.15) is 11.5 Å². The van der Waals surface area contributed by atoms with E-state index in [1.165, 1.54) is 54.8 Å². The number of para-hydroxylation sites is 3. The van der Waals surface area contributed by atoms with E-state index in [1.807, 2.05) is 6.07 Å². The molecule has 0 saturated heterocycles. The average molecular weight is 502 g/mol. The van der Waals surface area contributed by atoms with Gasteiger partial charge in [0.25, 0.3) is 0 Å². The normalized spacial score (nSPS) is 13.8. The van der Waals surface area contributed by atoms with Gasteiger partial charge in [0.2, 0.25) is 0 Å². The number of fused-ring (bicyclic) bond motifs is 7. The van der Waals surface area contributed by atoms with Gasteiger partial charge in [-0.3, -0.25) is 0 Å². The topological polar surface area (TPSA) is 14.2 Å². The highest BCUT2D eigenvalue weighted by molar-refractivity contribution is 6.23. The van der Waals surface area contributed by atoms with E-state index in [2.05, 4.69) is 140 Å². The third-order valence-corrected chi connectivity index (χ3v) is 8.44. The van der Waals surface area contributed by atoms with Crippen LogP contribution in [0.1, 0.15) is 25.0 Å². The Morgan fingerprint density at radius 1 is 0.590 bits per heavy atom. The quantitative estimate of drug-likeness (QED) is 0.230. The maximum absolute atomic E-state index is 6.38. The zero-order valence-electron chi connectivity index (χ0n) is 22.0. The van der Waals surface area contributed by atoms with Gasteiger partial charge in [-0.25, -0.2) is 0 Å². The van der Waals surface area contributed by atoms with Crippen molar-refractivity contribution in [3.8, 4) is 28.3 Å². The third kappa shape index (κ3) is 3.15. The third-order valence-electron chi connectivity index (χ3n) is 8.44. The van der Waals surface area contributed by atoms with Gasteiger partial charge in [-0.1, -0.05) is 105 Å². The lowest BCUT2D eigenvalue weighted by molar-refractivity contribution is 0.418. The monoisotopic (exact) mass is 501 g/mol. The Hall–Kier alpha value is -4.82. The van der Waals surface area contributed by atoms with Gasteiger partial charge >= 0.3 is 0 Å². The number of aromatic nitrogens is 1. The first-order chi connectivity index (χ1) is 19.1. The van der Waals surface area contributed by atoms with E-state index < -0.39 is 0 Å². The van der Waals surface area contributed by atoms with Gasteiger partial charge in [0.05, 0.1) is 11.0 Å². The summed E-state index contributed by atoms with van der Waals surface area (Å²) in [5.41, 5.74) is 8.28. The van der Waals surface area contributed by atoms with Crippen LogP contribution < -0.4 is 4.74 Å². The van der Waals surface area contributed by atoms with Crippen molar-refractivity contribution in [2.24, 2.45) is 0 Å². The summed E-state index contributed by atoms with van der Waals surface area (Å²) in [6, 6.07) is 45.8. The second-order valence-corrected chi connectivity index (χ2v) is 11.0. The Labute approximate surface area is 227 Å². The number of nitrogens with zero attached hydrogens (tertiary/aromatic N) is 1. The van der Waals surface area contributed by atoms with Crippen LogP contribution in [-0.4, -0.2) is 4.57 Å². The molecule has 39 heavy (non-hydrogen) atoms. The van der Waals surface area contributed by atoms with Crippen LogP contribution in [0.4, 0.5) is 0 Å². The average Bonchev–Trinajstić information content (AvgIpc) is 3.33. The Morgan fingerprint density at radius 3 is 2.23 bits per heavy atom. The summed E-state index contributed by atoms with van der Waals surface area (Å²) in [5.74, 6) is 1.88. The van der Waals surface area contributed by atoms with E-state index >= 15 is 0 Å². The predicted octanol–water partition coefficient (Wildman–Crippen LogP) is 10.0. The largest absolute Gasteiger partial charge is 0.457 e. The molecule has 0 N–H and O–H groups in total. The Kier molecular flexibility index (Phi) is 4.60. The maximum Gasteiger partial charge on any atom is 0.131 e. The molecular formula is C37H27NO. The molecule has 2 nitrogen and oxygen atoms in total. The molecule has 0 amide bonds. The fraction of sp³-hybridized carbons (Fsp3) is 0.0811. The van der Waals surface area contributed by atoms with Crippen LogP contribution in [0, 0.1) is 0 Å². The Balaban J connectivity index is 1.46. The van der Waals surface area contributed by atoms with E-state index in [-0.39, 0.29) is 5.41 Å². The lowest BCUT2D eigenvalue weighted by atomic mass is 9.75. The molecule has 186 valence electrons. The van der Waals surface area contributed by atoms with Crippen LogP contribution in [0.5, 0.6) is 11.5 Å². The van der Waals surface area contributed by atoms with Crippen LogP contribution in [0.15, 0.2) is 127 Å². The van der Waals surface area contributed by atoms with Crippen LogP contribution in [0.3, 0.4) is 0 Å². The molecule has 8 rings (SSSR count). The van der Waals surface area contributed by atoms with Gasteiger partial charge in [0, 0.05) is 38.6 Å². The van der Waals surface area contributed by atoms with E-state index in [0.29, 0.717) is 0 Å². The molecule has 2 heteroatoms. The number of benzene rings is 6. The molecule has 2 heterocycles. The van der Waals surface area contributed by atoms with E-state index in [9.17, 15) is 0 Å². The smallest absolute Gasteiger partial charge is 0.131 e. The number of hydrogen-bond acceptors (Lipinski definition) is 1. The summed E-state index contributed by atoms with van der Waals surface area (Å²) in [4.78, 5) is 0. The predicted molar refractivity (Wildman–Crippen MR) is 162 cm³/mol. The van der Waals surface area contributed by atoms with Gasteiger partial charge in [-0.2, -0.15) is 0 Å². The highest BCUT2D eigenvalue weighted by Crippen LogP contribution is 2.49. The first kappa shape index (κ1) is 22.2. The van der Waals surface area contributed by atoms with Crippen LogP contribution in [0.25, 0.3) is 49.4 Å². The van der Waals surface area contributed by atoms with E-state index in [1.54, 1.807) is 0 Å². The minimum Gasteiger partial charge on any atom is -0.457 e. The molecule has 1 aliphatic rings.